The van der Waals surface area contributed by atoms with Gasteiger partial charge in [0.2, 0.25) is 0 Å². The van der Waals surface area contributed by atoms with Gasteiger partial charge >= 0.3 is 21.7 Å². The Labute approximate surface area is 564 Å². The SMILES string of the molecule is Cc1c([Si](C)(C)C)c([Si](C)(C)C)c([Si](C)(C)C)c([Si](C)(C)C)c1[Si](c1c(C)c([Si](C)(C)C)c([Si](C)(C)C)c([Si](C)(C)C)c1[Si](C)(C)C)(c1c(C)c([Si](C)(C)C)c([Si](C)(C)C)c([Si](C)(C)C)c1[Si](C)(C)C)c1c(C)c(C)c(C)[c-]1C.[Cl-].[Cl-].[Cl-].[Ti+4]. The van der Waals surface area contributed by atoms with Crippen molar-refractivity contribution in [3.05, 3.63) is 38.9 Å². The predicted octanol–water partition coefficient (Wildman–Crippen LogP) is 2.49. The third-order valence-corrected chi connectivity index (χ3v) is 51.2. The van der Waals surface area contributed by atoms with Crippen LogP contribution in [-0.4, -0.2) is 105 Å². The van der Waals surface area contributed by atoms with E-state index in [2.05, 4.69) is 284 Å². The summed E-state index contributed by atoms with van der Waals surface area (Å²) < 4.78 is 0. The maximum atomic E-state index is 2.85. The molecule has 0 aliphatic heterocycles. The predicted molar refractivity (Wildman–Crippen MR) is 415 cm³/mol. The van der Waals surface area contributed by atoms with Crippen molar-refractivity contribution in [2.24, 2.45) is 0 Å². The summed E-state index contributed by atoms with van der Waals surface area (Å²) in [6.45, 7) is 120. The van der Waals surface area contributed by atoms with E-state index in [9.17, 15) is 0 Å². The monoisotopic (exact) mass is 1440 g/mol. The van der Waals surface area contributed by atoms with Gasteiger partial charge in [-0.15, -0.1) is 0 Å². The van der Waals surface area contributed by atoms with Gasteiger partial charge in [-0.3, -0.25) is 0 Å². The van der Waals surface area contributed by atoms with Crippen molar-refractivity contribution in [1.82, 2.24) is 0 Å². The minimum absolute atomic E-state index is 0. The van der Waals surface area contributed by atoms with Crippen LogP contribution >= 0.6 is 0 Å². The molecule has 0 aliphatic rings. The Morgan fingerprint density at radius 3 is 0.446 bits per heavy atom. The molecule has 17 heteroatoms. The summed E-state index contributed by atoms with van der Waals surface area (Å²) in [5.41, 5.74) is 11.7. The molecule has 0 heterocycles. The second kappa shape index (κ2) is 25.7. The topological polar surface area (TPSA) is 0 Å². The van der Waals surface area contributed by atoms with E-state index in [1.807, 2.05) is 83.0 Å². The van der Waals surface area contributed by atoms with Crippen LogP contribution < -0.4 is 120 Å². The fourth-order valence-corrected chi connectivity index (χ4v) is 72.0. The molecule has 4 rings (SSSR count). The Morgan fingerprint density at radius 1 is 0.193 bits per heavy atom. The van der Waals surface area contributed by atoms with E-state index in [4.69, 9.17) is 0 Å². The molecule has 0 aliphatic carbocycles. The van der Waals surface area contributed by atoms with Crippen LogP contribution in [0.2, 0.25) is 236 Å². The van der Waals surface area contributed by atoms with Crippen LogP contribution in [0.25, 0.3) is 0 Å². The van der Waals surface area contributed by atoms with Gasteiger partial charge in [0.15, 0.2) is 8.07 Å². The molecule has 83 heavy (non-hydrogen) atoms. The number of rotatable bonds is 16. The van der Waals surface area contributed by atoms with Crippen molar-refractivity contribution in [2.45, 2.75) is 284 Å². The Bertz CT molecular complexity index is 2760. The standard InChI is InChI=1S/C66H129Si13.3ClH.Ti/c1-44-45(2)47(4)51(46(44)3)79(55-48(5)52(67(8,9)10)58(70(17,18)19)64(76(35,36)37)61(55)73(26,27)28,56-49(6)53(68(11,12)13)59(71(20,21)22)65(77(38,39)40)62(56)74(29,30)31)57-50(7)54(69(14,15)16)60(72(23,24)25)66(78(41,42)43)63(57)75(32,33)34;;;;/h1-43H3;3*1H;/q-1;;;;+4/p-3. The van der Waals surface area contributed by atoms with Crippen LogP contribution in [0.3, 0.4) is 0 Å². The maximum absolute atomic E-state index is 3.62. The van der Waals surface area contributed by atoms with Gasteiger partial charge in [-0.05, 0) is 36.3 Å². The quantitative estimate of drug-likeness (QED) is 0.0922. The molecule has 0 aromatic heterocycles. The average Bonchev–Trinajstić information content (AvgIpc) is 3.34. The molecular weight excluding hydrogens is 1310 g/mol. The average molecular weight is 1440 g/mol. The summed E-state index contributed by atoms with van der Waals surface area (Å²) in [6.07, 6.45) is 0. The van der Waals surface area contributed by atoms with E-state index in [0.29, 0.717) is 0 Å². The van der Waals surface area contributed by atoms with Gasteiger partial charge in [0.05, 0.1) is 96.9 Å². The van der Waals surface area contributed by atoms with Crippen LogP contribution in [0.5, 0.6) is 0 Å². The van der Waals surface area contributed by atoms with E-state index in [0.717, 1.165) is 0 Å². The molecule has 0 fully saturated rings. The number of hydrogen-bond acceptors (Lipinski definition) is 0. The van der Waals surface area contributed by atoms with Gasteiger partial charge < -0.3 is 37.2 Å². The van der Waals surface area contributed by atoms with Crippen molar-refractivity contribution >= 4 is 188 Å². The fourth-order valence-electron chi connectivity index (χ4n) is 16.1. The van der Waals surface area contributed by atoms with Gasteiger partial charge in [0, 0.05) is 0 Å². The zero-order valence-electron chi connectivity index (χ0n) is 62.6. The zero-order chi connectivity index (χ0) is 62.8. The minimum Gasteiger partial charge on any atom is -1.00 e. The molecule has 0 saturated carbocycles. The first-order chi connectivity index (χ1) is 34.3. The largest absolute Gasteiger partial charge is 4.00 e. The maximum Gasteiger partial charge on any atom is 4.00 e. The summed E-state index contributed by atoms with van der Waals surface area (Å²) in [7, 11) is -28.9. The molecule has 0 unspecified atom stereocenters. The summed E-state index contributed by atoms with van der Waals surface area (Å²) in [4.78, 5) is 0. The molecule has 0 amide bonds. The zero-order valence-corrected chi connectivity index (χ0v) is 79.5. The van der Waals surface area contributed by atoms with E-state index in [1.165, 1.54) is 0 Å². The fraction of sp³-hybridized carbons (Fsp3) is 0.652. The molecule has 0 radical (unpaired) electrons. The molecule has 0 nitrogen and oxygen atoms in total. The number of hydrogen-bond donors (Lipinski definition) is 0. The molecule has 0 spiro atoms. The summed E-state index contributed by atoms with van der Waals surface area (Å²) in [5, 5.41) is 30.8. The minimum atomic E-state index is -3.62. The van der Waals surface area contributed by atoms with Gasteiger partial charge in [-0.1, -0.05) is 342 Å². The van der Waals surface area contributed by atoms with Crippen molar-refractivity contribution in [1.29, 1.82) is 0 Å². The smallest absolute Gasteiger partial charge is 1.00 e. The second-order valence-electron chi connectivity index (χ2n) is 38.1. The van der Waals surface area contributed by atoms with Crippen LogP contribution in [0, 0.1) is 48.5 Å². The molecule has 470 valence electrons. The first kappa shape index (κ1) is 84.4. The molecule has 4 aromatic carbocycles. The van der Waals surface area contributed by atoms with Crippen LogP contribution in [0.1, 0.15) is 38.9 Å². The second-order valence-corrected chi connectivity index (χ2v) is 102. The first-order valence-corrected chi connectivity index (χ1v) is 75.2. The van der Waals surface area contributed by atoms with Gasteiger partial charge in [0.25, 0.3) is 0 Å². The van der Waals surface area contributed by atoms with Crippen LogP contribution in [0.4, 0.5) is 0 Å². The Morgan fingerprint density at radius 2 is 0.325 bits per heavy atom. The van der Waals surface area contributed by atoms with Gasteiger partial charge in [-0.25, -0.2) is 0 Å². The molecule has 0 bridgehead atoms. The normalized spacial score (nSPS) is 14.1. The van der Waals surface area contributed by atoms with E-state index in [1.54, 1.807) is 38.9 Å². The first-order valence-electron chi connectivity index (χ1n) is 31.2. The molecule has 4 aromatic rings. The van der Waals surface area contributed by atoms with Gasteiger partial charge in [0.1, 0.15) is 0 Å². The van der Waals surface area contributed by atoms with Crippen LogP contribution in [-0.2, 0) is 21.7 Å². The Kier molecular flexibility index (Phi) is 26.2. The Hall–Kier alpha value is 1.41. The van der Waals surface area contributed by atoms with Crippen molar-refractivity contribution in [3.63, 3.8) is 0 Å². The van der Waals surface area contributed by atoms with Crippen molar-refractivity contribution in [3.8, 4) is 0 Å². The number of benzene rings is 3. The van der Waals surface area contributed by atoms with Crippen molar-refractivity contribution < 1.29 is 58.9 Å². The summed E-state index contributed by atoms with van der Waals surface area (Å²) in [6, 6.07) is 0. The van der Waals surface area contributed by atoms with Gasteiger partial charge in [-0.2, -0.15) is 27.4 Å². The third kappa shape index (κ3) is 15.4. The molecule has 0 saturated heterocycles. The van der Waals surface area contributed by atoms with E-state index < -0.39 is 105 Å². The Balaban J connectivity index is 0.0000168. The summed E-state index contributed by atoms with van der Waals surface area (Å²) >= 11 is 0. The van der Waals surface area contributed by atoms with E-state index >= 15 is 0 Å². The third-order valence-electron chi connectivity index (χ3n) is 18.2. The molecular formula is C66H129Cl3Si13Ti. The van der Waals surface area contributed by atoms with E-state index in [-0.39, 0.29) is 58.9 Å². The summed E-state index contributed by atoms with van der Waals surface area (Å²) in [5.74, 6) is 0. The molecule has 0 atom stereocenters. The number of halogens is 3. The van der Waals surface area contributed by atoms with Crippen molar-refractivity contribution in [2.75, 3.05) is 0 Å². The molecule has 0 N–H and O–H groups in total. The van der Waals surface area contributed by atoms with Crippen LogP contribution in [0.15, 0.2) is 0 Å².